The highest BCUT2D eigenvalue weighted by Gasteiger charge is 1.88. The highest BCUT2D eigenvalue weighted by molar-refractivity contribution is 5.49. The Morgan fingerprint density at radius 2 is 2.00 bits per heavy atom. The van der Waals surface area contributed by atoms with Crippen molar-refractivity contribution in [2.45, 2.75) is 13.0 Å². The lowest BCUT2D eigenvalue weighted by Gasteiger charge is -2.01. The van der Waals surface area contributed by atoms with Crippen LogP contribution >= 0.6 is 0 Å². The van der Waals surface area contributed by atoms with E-state index in [2.05, 4.69) is 17.4 Å². The maximum atomic E-state index is 9.98. The van der Waals surface area contributed by atoms with Gasteiger partial charge >= 0.3 is 0 Å². The predicted octanol–water partition coefficient (Wildman–Crippen LogP) is 1.37. The fourth-order valence-electron chi connectivity index (χ4n) is 0.990. The Bertz CT molecular complexity index is 221. The minimum atomic E-state index is 0.590. The summed E-state index contributed by atoms with van der Waals surface area (Å²) in [5.41, 5.74) is 1.25. The van der Waals surface area contributed by atoms with Crippen molar-refractivity contribution < 1.29 is 4.79 Å². The predicted molar refractivity (Wildman–Crippen MR) is 48.8 cm³/mol. The van der Waals surface area contributed by atoms with Gasteiger partial charge in [-0.05, 0) is 5.56 Å². The van der Waals surface area contributed by atoms with Gasteiger partial charge in [0.25, 0.3) is 0 Å². The first-order valence-electron chi connectivity index (χ1n) is 4.12. The average Bonchev–Trinajstić information content (AvgIpc) is 2.14. The van der Waals surface area contributed by atoms with E-state index in [0.717, 1.165) is 19.4 Å². The number of nitrogens with one attached hydrogen (secondary N) is 1. The molecule has 0 heterocycles. The van der Waals surface area contributed by atoms with Crippen LogP contribution in [0, 0.1) is 0 Å². The number of benzene rings is 1. The molecule has 64 valence electrons. The quantitative estimate of drug-likeness (QED) is 0.524. The Kier molecular flexibility index (Phi) is 4.09. The number of aldehydes is 1. The van der Waals surface area contributed by atoms with Crippen LogP contribution in [0.5, 0.6) is 0 Å². The van der Waals surface area contributed by atoms with Crippen LogP contribution in [0.2, 0.25) is 0 Å². The Labute approximate surface area is 72.6 Å². The monoisotopic (exact) mass is 163 g/mol. The molecule has 0 amide bonds. The van der Waals surface area contributed by atoms with Crippen molar-refractivity contribution in [1.82, 2.24) is 5.32 Å². The molecule has 0 aliphatic carbocycles. The van der Waals surface area contributed by atoms with E-state index in [1.165, 1.54) is 5.56 Å². The zero-order valence-corrected chi connectivity index (χ0v) is 6.99. The molecule has 2 nitrogen and oxygen atoms in total. The van der Waals surface area contributed by atoms with E-state index in [1.54, 1.807) is 0 Å². The van der Waals surface area contributed by atoms with E-state index in [4.69, 9.17) is 0 Å². The minimum absolute atomic E-state index is 0.590. The van der Waals surface area contributed by atoms with Gasteiger partial charge in [-0.3, -0.25) is 0 Å². The molecule has 0 spiro atoms. The van der Waals surface area contributed by atoms with Gasteiger partial charge in [-0.2, -0.15) is 0 Å². The van der Waals surface area contributed by atoms with E-state index in [-0.39, 0.29) is 0 Å². The summed E-state index contributed by atoms with van der Waals surface area (Å²) in [7, 11) is 0. The molecule has 2 heteroatoms. The summed E-state index contributed by atoms with van der Waals surface area (Å²) in [4.78, 5) is 9.98. The molecule has 0 aliphatic rings. The lowest BCUT2D eigenvalue weighted by atomic mass is 10.2. The number of carbonyl (C=O) groups is 1. The van der Waals surface area contributed by atoms with Crippen molar-refractivity contribution in [2.75, 3.05) is 6.54 Å². The van der Waals surface area contributed by atoms with Crippen LogP contribution in [0.15, 0.2) is 30.3 Å². The van der Waals surface area contributed by atoms with Crippen molar-refractivity contribution >= 4 is 6.29 Å². The second kappa shape index (κ2) is 5.49. The molecule has 0 unspecified atom stereocenters. The van der Waals surface area contributed by atoms with Gasteiger partial charge in [-0.15, -0.1) is 0 Å². The maximum Gasteiger partial charge on any atom is 0.121 e. The zero-order valence-electron chi connectivity index (χ0n) is 6.99. The van der Waals surface area contributed by atoms with E-state index >= 15 is 0 Å². The van der Waals surface area contributed by atoms with Crippen LogP contribution in [0.25, 0.3) is 0 Å². The third kappa shape index (κ3) is 3.30. The second-order valence-electron chi connectivity index (χ2n) is 2.62. The largest absolute Gasteiger partial charge is 0.312 e. The fourth-order valence-corrected chi connectivity index (χ4v) is 0.990. The van der Waals surface area contributed by atoms with E-state index < -0.39 is 0 Å². The molecular formula is C10H13NO. The van der Waals surface area contributed by atoms with Crippen LogP contribution in [-0.2, 0) is 11.3 Å². The van der Waals surface area contributed by atoms with Gasteiger partial charge in [0.15, 0.2) is 0 Å². The van der Waals surface area contributed by atoms with Gasteiger partial charge in [0, 0.05) is 19.5 Å². The van der Waals surface area contributed by atoms with Gasteiger partial charge in [0.05, 0.1) is 0 Å². The summed E-state index contributed by atoms with van der Waals surface area (Å²) in [5.74, 6) is 0. The molecule has 1 aromatic rings. The Morgan fingerprint density at radius 1 is 1.25 bits per heavy atom. The molecule has 1 N–H and O–H groups in total. The van der Waals surface area contributed by atoms with Gasteiger partial charge in [0.1, 0.15) is 6.29 Å². The second-order valence-corrected chi connectivity index (χ2v) is 2.62. The smallest absolute Gasteiger partial charge is 0.121 e. The highest BCUT2D eigenvalue weighted by atomic mass is 16.1. The van der Waals surface area contributed by atoms with Crippen molar-refractivity contribution in [3.63, 3.8) is 0 Å². The first-order valence-corrected chi connectivity index (χ1v) is 4.12. The molecule has 0 aliphatic heterocycles. The molecule has 0 aromatic heterocycles. The highest BCUT2D eigenvalue weighted by Crippen LogP contribution is 1.96. The lowest BCUT2D eigenvalue weighted by molar-refractivity contribution is -0.107. The van der Waals surface area contributed by atoms with Crippen LogP contribution in [0.3, 0.4) is 0 Å². The molecule has 1 rings (SSSR count). The Balaban J connectivity index is 2.20. The molecule has 12 heavy (non-hydrogen) atoms. The topological polar surface area (TPSA) is 29.1 Å². The van der Waals surface area contributed by atoms with E-state index in [9.17, 15) is 4.79 Å². The standard InChI is InChI=1S/C10H13NO/c12-8-4-7-11-9-10-5-2-1-3-6-10/h1-3,5-6,8,11H,4,7,9H2. The number of rotatable bonds is 5. The van der Waals surface area contributed by atoms with Crippen LogP contribution in [0.4, 0.5) is 0 Å². The van der Waals surface area contributed by atoms with Gasteiger partial charge in [-0.25, -0.2) is 0 Å². The molecular weight excluding hydrogens is 150 g/mol. The number of hydrogen-bond acceptors (Lipinski definition) is 2. The first kappa shape index (κ1) is 8.94. The Hall–Kier alpha value is -1.15. The normalized spacial score (nSPS) is 9.67. The molecule has 1 aromatic carbocycles. The third-order valence-electron chi connectivity index (χ3n) is 1.61. The molecule has 0 atom stereocenters. The van der Waals surface area contributed by atoms with Gasteiger partial charge in [-0.1, -0.05) is 30.3 Å². The first-order chi connectivity index (χ1) is 5.93. The Morgan fingerprint density at radius 3 is 2.67 bits per heavy atom. The lowest BCUT2D eigenvalue weighted by Crippen LogP contribution is -2.14. The number of carbonyl (C=O) groups excluding carboxylic acids is 1. The van der Waals surface area contributed by atoms with Crippen molar-refractivity contribution in [1.29, 1.82) is 0 Å². The summed E-state index contributed by atoms with van der Waals surface area (Å²) in [6.45, 7) is 1.60. The molecule has 0 radical (unpaired) electrons. The molecule has 0 saturated carbocycles. The van der Waals surface area contributed by atoms with Crippen molar-refractivity contribution in [2.24, 2.45) is 0 Å². The third-order valence-corrected chi connectivity index (χ3v) is 1.61. The summed E-state index contributed by atoms with van der Waals surface area (Å²) in [5, 5.41) is 3.17. The van der Waals surface area contributed by atoms with Gasteiger partial charge < -0.3 is 10.1 Å². The van der Waals surface area contributed by atoms with Crippen molar-refractivity contribution in [3.8, 4) is 0 Å². The summed E-state index contributed by atoms with van der Waals surface area (Å²) in [6.07, 6.45) is 1.52. The van der Waals surface area contributed by atoms with E-state index in [0.29, 0.717) is 6.42 Å². The summed E-state index contributed by atoms with van der Waals surface area (Å²) >= 11 is 0. The molecule has 0 fully saturated rings. The SMILES string of the molecule is O=CCCNCc1ccccc1. The molecule has 0 bridgehead atoms. The fraction of sp³-hybridized carbons (Fsp3) is 0.300. The minimum Gasteiger partial charge on any atom is -0.312 e. The van der Waals surface area contributed by atoms with Crippen LogP contribution in [-0.4, -0.2) is 12.8 Å². The van der Waals surface area contributed by atoms with Gasteiger partial charge in [0.2, 0.25) is 0 Å². The zero-order chi connectivity index (χ0) is 8.65. The molecule has 0 saturated heterocycles. The van der Waals surface area contributed by atoms with Crippen LogP contribution < -0.4 is 5.32 Å². The van der Waals surface area contributed by atoms with E-state index in [1.807, 2.05) is 18.2 Å². The van der Waals surface area contributed by atoms with Crippen LogP contribution in [0.1, 0.15) is 12.0 Å². The summed E-state index contributed by atoms with van der Waals surface area (Å²) in [6, 6.07) is 10.1. The average molecular weight is 163 g/mol. The number of hydrogen-bond donors (Lipinski definition) is 1. The maximum absolute atomic E-state index is 9.98. The van der Waals surface area contributed by atoms with Crippen molar-refractivity contribution in [3.05, 3.63) is 35.9 Å². The summed E-state index contributed by atoms with van der Waals surface area (Å²) < 4.78 is 0.